The maximum absolute atomic E-state index is 13.9. The number of benzene rings is 2. The molecule has 0 N–H and O–H groups in total. The Morgan fingerprint density at radius 1 is 0.526 bits per heavy atom. The molecule has 0 fully saturated rings. The van der Waals surface area contributed by atoms with Gasteiger partial charge < -0.3 is 0 Å². The van der Waals surface area contributed by atoms with Crippen molar-refractivity contribution in [3.8, 4) is 36.4 Å². The Morgan fingerprint density at radius 2 is 0.947 bits per heavy atom. The van der Waals surface area contributed by atoms with Crippen molar-refractivity contribution in [3.63, 3.8) is 0 Å². The number of alkyl halides is 9. The highest BCUT2D eigenvalue weighted by Crippen LogP contribution is 2.41. The number of halogens is 9. The van der Waals surface area contributed by atoms with E-state index >= 15 is 0 Å². The van der Waals surface area contributed by atoms with Crippen LogP contribution in [0, 0.1) is 68.0 Å². The Balaban J connectivity index is 3.47. The number of nitrogens with zero attached hydrogens (tertiary/aromatic N) is 6. The molecular weight excluding hydrogens is 531 g/mol. The molecule has 2 aromatic rings. The lowest BCUT2D eigenvalue weighted by Gasteiger charge is -2.17. The van der Waals surface area contributed by atoms with Gasteiger partial charge in [0.15, 0.2) is 0 Å². The van der Waals surface area contributed by atoms with E-state index in [0.717, 1.165) is 24.3 Å². The molecule has 0 spiro atoms. The van der Waals surface area contributed by atoms with E-state index in [2.05, 4.69) is 0 Å². The van der Waals surface area contributed by atoms with E-state index in [0.29, 0.717) is 0 Å². The quantitative estimate of drug-likeness (QED) is 0.500. The minimum atomic E-state index is -5.60. The molecule has 0 amide bonds. The molecule has 2 rings (SSSR count). The summed E-state index contributed by atoms with van der Waals surface area (Å²) in [5, 5.41) is 53.1. The van der Waals surface area contributed by atoms with Crippen LogP contribution in [0.5, 0.6) is 0 Å². The molecule has 0 atom stereocenters. The van der Waals surface area contributed by atoms with Gasteiger partial charge in [-0.1, -0.05) is 0 Å². The monoisotopic (exact) mass is 534 g/mol. The highest BCUT2D eigenvalue weighted by Gasteiger charge is 2.42. The van der Waals surface area contributed by atoms with Crippen molar-refractivity contribution in [2.24, 2.45) is 0 Å². The zero-order chi connectivity index (χ0) is 29.2. The first-order valence-corrected chi connectivity index (χ1v) is 9.27. The summed E-state index contributed by atoms with van der Waals surface area (Å²) in [7, 11) is 0. The van der Waals surface area contributed by atoms with Crippen molar-refractivity contribution in [3.05, 3.63) is 67.6 Å². The average Bonchev–Trinajstić information content (AvgIpc) is 2.82. The Hall–Kier alpha value is -5.51. The Kier molecular flexibility index (Phi) is 7.45. The summed E-state index contributed by atoms with van der Waals surface area (Å²) < 4.78 is 123. The SMILES string of the molecule is N#CC(C#N)=c1c(C(F)(F)F)c/c(=C(/C#N)c2cc(C(F)(F)F)c(C#N)c(C(F)(F)F)c2)c(C#N)c1C#N. The van der Waals surface area contributed by atoms with Gasteiger partial charge in [0.1, 0.15) is 42.0 Å². The normalized spacial score (nSPS) is 12.1. The second-order valence-electron chi connectivity index (χ2n) is 6.96. The van der Waals surface area contributed by atoms with Gasteiger partial charge in [-0.15, -0.1) is 0 Å². The molecule has 0 heterocycles. The summed E-state index contributed by atoms with van der Waals surface area (Å²) in [4.78, 5) is 0. The molecular formula is C23H3F9N6. The fraction of sp³-hybridized carbons (Fsp3) is 0.130. The molecule has 0 saturated heterocycles. The van der Waals surface area contributed by atoms with Crippen LogP contribution in [-0.2, 0) is 18.5 Å². The maximum atomic E-state index is 13.9. The van der Waals surface area contributed by atoms with Gasteiger partial charge in [0, 0.05) is 10.4 Å². The van der Waals surface area contributed by atoms with Crippen molar-refractivity contribution in [1.29, 1.82) is 31.6 Å². The van der Waals surface area contributed by atoms with E-state index in [1.165, 1.54) is 12.1 Å². The van der Waals surface area contributed by atoms with E-state index in [1.54, 1.807) is 0 Å². The molecule has 0 unspecified atom stereocenters. The van der Waals surface area contributed by atoms with Gasteiger partial charge in [0.05, 0.1) is 39.0 Å². The van der Waals surface area contributed by atoms with Crippen LogP contribution >= 0.6 is 0 Å². The number of hydrogen-bond donors (Lipinski definition) is 0. The smallest absolute Gasteiger partial charge is 0.192 e. The van der Waals surface area contributed by atoms with Crippen LogP contribution in [-0.4, -0.2) is 0 Å². The molecule has 38 heavy (non-hydrogen) atoms. The third-order valence-corrected chi connectivity index (χ3v) is 4.86. The predicted molar refractivity (Wildman–Crippen MR) is 104 cm³/mol. The van der Waals surface area contributed by atoms with Crippen molar-refractivity contribution < 1.29 is 39.5 Å². The van der Waals surface area contributed by atoms with Crippen LogP contribution in [0.4, 0.5) is 39.5 Å². The van der Waals surface area contributed by atoms with Gasteiger partial charge in [0.25, 0.3) is 0 Å². The van der Waals surface area contributed by atoms with Crippen LogP contribution in [0.1, 0.15) is 38.9 Å². The average molecular weight is 534 g/mol. The minimum absolute atomic E-state index is 0.0410. The van der Waals surface area contributed by atoms with Crippen molar-refractivity contribution in [2.75, 3.05) is 0 Å². The van der Waals surface area contributed by atoms with Crippen LogP contribution in [0.3, 0.4) is 0 Å². The van der Waals surface area contributed by atoms with Gasteiger partial charge in [0.2, 0.25) is 0 Å². The van der Waals surface area contributed by atoms with Gasteiger partial charge in [-0.25, -0.2) is 0 Å². The van der Waals surface area contributed by atoms with Crippen LogP contribution < -0.4 is 10.4 Å². The van der Waals surface area contributed by atoms with E-state index in [-0.39, 0.29) is 18.2 Å². The maximum Gasteiger partial charge on any atom is 0.417 e. The minimum Gasteiger partial charge on any atom is -0.192 e. The van der Waals surface area contributed by atoms with Crippen LogP contribution in [0.15, 0.2) is 18.2 Å². The highest BCUT2D eigenvalue weighted by molar-refractivity contribution is 5.81. The van der Waals surface area contributed by atoms with Crippen LogP contribution in [0.25, 0.3) is 11.1 Å². The first-order chi connectivity index (χ1) is 17.5. The van der Waals surface area contributed by atoms with E-state index in [1.807, 2.05) is 0 Å². The molecule has 2 aromatic carbocycles. The summed E-state index contributed by atoms with van der Waals surface area (Å²) in [6.07, 6.45) is -16.7. The van der Waals surface area contributed by atoms with Gasteiger partial charge >= 0.3 is 18.5 Å². The Labute approximate surface area is 205 Å². The Bertz CT molecular complexity index is 1680. The summed E-state index contributed by atoms with van der Waals surface area (Å²) in [5.74, 6) is 0. The van der Waals surface area contributed by atoms with E-state index < -0.39 is 79.1 Å². The molecule has 0 saturated carbocycles. The molecule has 0 aliphatic carbocycles. The number of rotatable bonds is 1. The molecule has 15 heteroatoms. The third kappa shape index (κ3) is 5.05. The van der Waals surface area contributed by atoms with Gasteiger partial charge in [-0.3, -0.25) is 0 Å². The molecule has 0 radical (unpaired) electrons. The summed E-state index contributed by atoms with van der Waals surface area (Å²) in [5.41, 5.74) is -14.5. The third-order valence-electron chi connectivity index (χ3n) is 4.86. The molecule has 0 bridgehead atoms. The fourth-order valence-electron chi connectivity index (χ4n) is 3.36. The molecule has 0 aliphatic rings. The number of hydrogen-bond acceptors (Lipinski definition) is 6. The molecule has 188 valence electrons. The summed E-state index contributed by atoms with van der Waals surface area (Å²) in [6.45, 7) is 0. The lowest BCUT2D eigenvalue weighted by molar-refractivity contribution is -0.143. The molecule has 0 aromatic heterocycles. The topological polar surface area (TPSA) is 143 Å². The van der Waals surface area contributed by atoms with Gasteiger partial charge in [-0.2, -0.15) is 71.1 Å². The van der Waals surface area contributed by atoms with Crippen molar-refractivity contribution in [1.82, 2.24) is 0 Å². The second kappa shape index (κ2) is 9.86. The van der Waals surface area contributed by atoms with E-state index in [9.17, 15) is 55.3 Å². The summed E-state index contributed by atoms with van der Waals surface area (Å²) >= 11 is 0. The fourth-order valence-corrected chi connectivity index (χ4v) is 3.36. The standard InChI is InChI=1S/C23H3F9N6/c24-21(25,26)17-1-10(2-18(16(17)9-38)22(27,28)29)13(6-35)12-3-19(23(30,31)32)20(11(4-33)5-34)15(8-37)14(12)7-36/h1-3H/b13-12+. The zero-order valence-corrected chi connectivity index (χ0v) is 17.8. The Morgan fingerprint density at radius 3 is 1.26 bits per heavy atom. The highest BCUT2D eigenvalue weighted by atomic mass is 19.4. The molecule has 0 aliphatic heterocycles. The largest absolute Gasteiger partial charge is 0.417 e. The van der Waals surface area contributed by atoms with Crippen molar-refractivity contribution in [2.45, 2.75) is 18.5 Å². The predicted octanol–water partition coefficient (Wildman–Crippen LogP) is 4.28. The lowest BCUT2D eigenvalue weighted by atomic mass is 9.90. The molecule has 6 nitrogen and oxygen atoms in total. The first kappa shape index (κ1) is 28.7. The van der Waals surface area contributed by atoms with E-state index in [4.69, 9.17) is 15.8 Å². The van der Waals surface area contributed by atoms with Crippen molar-refractivity contribution >= 4 is 11.1 Å². The number of nitriles is 6. The lowest BCUT2D eigenvalue weighted by Crippen LogP contribution is -2.31. The van der Waals surface area contributed by atoms with Gasteiger partial charge in [-0.05, 0) is 23.8 Å². The first-order valence-electron chi connectivity index (χ1n) is 9.27. The second-order valence-corrected chi connectivity index (χ2v) is 6.96. The summed E-state index contributed by atoms with van der Waals surface area (Å²) in [6, 6.07) is 6.30. The zero-order valence-electron chi connectivity index (χ0n) is 17.8. The van der Waals surface area contributed by atoms with Crippen LogP contribution in [0.2, 0.25) is 0 Å².